The summed E-state index contributed by atoms with van der Waals surface area (Å²) in [6.45, 7) is 13.0. The smallest absolute Gasteiger partial charge is 0.242 e. The minimum atomic E-state index is -1.61. The van der Waals surface area contributed by atoms with Gasteiger partial charge in [0.15, 0.2) is 0 Å². The van der Waals surface area contributed by atoms with Crippen LogP contribution in [0, 0.1) is 17.8 Å². The van der Waals surface area contributed by atoms with Crippen molar-refractivity contribution >= 4 is 35.6 Å². The second-order valence-electron chi connectivity index (χ2n) is 13.4. The third-order valence-corrected chi connectivity index (χ3v) is 9.32. The molecule has 0 saturated carbocycles. The van der Waals surface area contributed by atoms with E-state index in [2.05, 4.69) is 15.0 Å². The fourth-order valence-corrected chi connectivity index (χ4v) is 6.99. The molecule has 0 aliphatic carbocycles. The van der Waals surface area contributed by atoms with E-state index in [1.54, 1.807) is 24.9 Å². The Labute approximate surface area is 279 Å². The quantitative estimate of drug-likeness (QED) is 0.0873. The Hall–Kier alpha value is -2.70. The van der Waals surface area contributed by atoms with E-state index >= 15 is 0 Å². The number of pyridine rings is 1. The van der Waals surface area contributed by atoms with E-state index in [1.807, 2.05) is 70.2 Å². The van der Waals surface area contributed by atoms with Gasteiger partial charge in [0.25, 0.3) is 0 Å². The van der Waals surface area contributed by atoms with Crippen LogP contribution in [0.2, 0.25) is 0 Å². The predicted octanol–water partition coefficient (Wildman–Crippen LogP) is 5.40. The Morgan fingerprint density at radius 3 is 2.28 bits per heavy atom. The monoisotopic (exact) mass is 660 g/mol. The number of methoxy groups -OCH3 is 1. The van der Waals surface area contributed by atoms with Crippen LogP contribution in [0.3, 0.4) is 0 Å². The van der Waals surface area contributed by atoms with Crippen molar-refractivity contribution in [1.29, 1.82) is 0 Å². The lowest BCUT2D eigenvalue weighted by Gasteiger charge is -2.43. The van der Waals surface area contributed by atoms with Gasteiger partial charge in [-0.15, -0.1) is 0 Å². The number of rotatable bonds is 21. The summed E-state index contributed by atoms with van der Waals surface area (Å²) in [6.07, 6.45) is 2.86. The molecule has 1 heterocycles. The topological polar surface area (TPSA) is 144 Å². The average molecular weight is 661 g/mol. The van der Waals surface area contributed by atoms with Crippen LogP contribution >= 0.6 is 11.9 Å². The van der Waals surface area contributed by atoms with Crippen LogP contribution in [0.15, 0.2) is 53.6 Å². The number of aromatic nitrogens is 1. The molecule has 1 aromatic carbocycles. The van der Waals surface area contributed by atoms with Crippen LogP contribution in [-0.2, 0) is 14.3 Å². The molecule has 0 radical (unpaired) electrons. The van der Waals surface area contributed by atoms with Crippen molar-refractivity contribution < 1.29 is 29.6 Å². The molecule has 0 spiro atoms. The van der Waals surface area contributed by atoms with Crippen LogP contribution in [0.4, 0.5) is 11.5 Å². The minimum Gasteiger partial charge on any atom is -0.390 e. The molecule has 8 atom stereocenters. The SMILES string of the molecule is CC[C@@H](OC)[C@@](C)(O)C(O)C(C)N(C[C@H](C)C[C@@](C)(O)C[C@@H](C)CC(C)C=O)C(=O)CNc1ccc(SNc2ccccn2)cc1. The number of ether oxygens (including phenoxy) is 1. The number of hydrogen-bond acceptors (Lipinski definition) is 10. The van der Waals surface area contributed by atoms with Gasteiger partial charge < -0.3 is 39.8 Å². The molecule has 1 aromatic heterocycles. The molecule has 5 N–H and O–H groups in total. The van der Waals surface area contributed by atoms with Crippen molar-refractivity contribution in [3.05, 3.63) is 48.7 Å². The lowest BCUT2D eigenvalue weighted by atomic mass is 9.82. The van der Waals surface area contributed by atoms with E-state index < -0.39 is 29.5 Å². The maximum absolute atomic E-state index is 13.8. The number of amides is 1. The molecule has 0 aliphatic heterocycles. The minimum absolute atomic E-state index is 0.0247. The molecule has 2 aromatic rings. The predicted molar refractivity (Wildman–Crippen MR) is 186 cm³/mol. The maximum atomic E-state index is 13.8. The van der Waals surface area contributed by atoms with Crippen molar-refractivity contribution in [3.8, 4) is 0 Å². The Balaban J connectivity index is 2.15. The molecule has 258 valence electrons. The first-order valence-electron chi connectivity index (χ1n) is 16.2. The number of benzene rings is 1. The highest BCUT2D eigenvalue weighted by Gasteiger charge is 2.44. The van der Waals surface area contributed by atoms with E-state index in [4.69, 9.17) is 4.74 Å². The number of hydrogen-bond donors (Lipinski definition) is 5. The van der Waals surface area contributed by atoms with Gasteiger partial charge in [-0.2, -0.15) is 0 Å². The summed E-state index contributed by atoms with van der Waals surface area (Å²) in [7, 11) is 1.49. The lowest BCUT2D eigenvalue weighted by Crippen LogP contribution is -2.60. The van der Waals surface area contributed by atoms with Gasteiger partial charge in [0.05, 0.1) is 24.3 Å². The standard InChI is InChI=1S/C35H56N4O6S/c1-9-30(45-8)35(7,44)33(42)27(5)39(22-26(4)20-34(6,43)19-24(2)18-25(3)23-40)32(41)21-37-28-13-15-29(16-14-28)46-38-31-12-10-11-17-36-31/h10-17,23-27,30,33,37,42-44H,9,18-22H2,1-8H3,(H,36,38)/t24-,25?,26+,27?,30+,33?,34-,35+/m0/s1. The van der Waals surface area contributed by atoms with E-state index in [1.165, 1.54) is 26.0 Å². The second kappa shape index (κ2) is 18.6. The molecular formula is C35H56N4O6S. The summed E-state index contributed by atoms with van der Waals surface area (Å²) in [6, 6.07) is 12.6. The normalized spacial score (nSPS) is 18.2. The van der Waals surface area contributed by atoms with Crippen molar-refractivity contribution in [2.45, 2.75) is 108 Å². The van der Waals surface area contributed by atoms with Gasteiger partial charge in [0.1, 0.15) is 23.8 Å². The summed E-state index contributed by atoms with van der Waals surface area (Å²) < 4.78 is 8.65. The van der Waals surface area contributed by atoms with Gasteiger partial charge in [-0.3, -0.25) is 4.79 Å². The molecule has 1 amide bonds. The number of anilines is 2. The fourth-order valence-electron chi connectivity index (χ4n) is 6.38. The number of nitrogens with zero attached hydrogens (tertiary/aromatic N) is 2. The number of carbonyl (C=O) groups excluding carboxylic acids is 2. The number of aliphatic hydroxyl groups is 3. The van der Waals surface area contributed by atoms with E-state index in [9.17, 15) is 24.9 Å². The van der Waals surface area contributed by atoms with Gasteiger partial charge in [-0.25, -0.2) is 4.98 Å². The zero-order valence-corrected chi connectivity index (χ0v) is 29.6. The summed E-state index contributed by atoms with van der Waals surface area (Å²) in [5, 5.41) is 37.1. The first-order valence-corrected chi connectivity index (χ1v) is 17.0. The maximum Gasteiger partial charge on any atom is 0.242 e. The number of aliphatic hydroxyl groups excluding tert-OH is 1. The Kier molecular flexibility index (Phi) is 16.0. The number of aldehydes is 1. The molecule has 11 heteroatoms. The summed E-state index contributed by atoms with van der Waals surface area (Å²) >= 11 is 1.43. The summed E-state index contributed by atoms with van der Waals surface area (Å²) in [5.41, 5.74) is -1.85. The van der Waals surface area contributed by atoms with Crippen molar-refractivity contribution in [2.75, 3.05) is 30.2 Å². The lowest BCUT2D eigenvalue weighted by molar-refractivity contribution is -0.170. The van der Waals surface area contributed by atoms with E-state index in [-0.39, 0.29) is 36.8 Å². The van der Waals surface area contributed by atoms with Crippen LogP contribution in [0.25, 0.3) is 0 Å². The largest absolute Gasteiger partial charge is 0.390 e. The third-order valence-electron chi connectivity index (χ3n) is 8.50. The molecule has 2 rings (SSSR count). The van der Waals surface area contributed by atoms with Crippen LogP contribution in [-0.4, -0.2) is 87.0 Å². The van der Waals surface area contributed by atoms with E-state index in [0.717, 1.165) is 22.7 Å². The summed E-state index contributed by atoms with van der Waals surface area (Å²) in [5.74, 6) is 0.459. The van der Waals surface area contributed by atoms with Gasteiger partial charge in [0, 0.05) is 36.4 Å². The zero-order chi connectivity index (χ0) is 34.5. The van der Waals surface area contributed by atoms with Gasteiger partial charge in [-0.1, -0.05) is 33.8 Å². The molecule has 10 nitrogen and oxygen atoms in total. The molecule has 0 bridgehead atoms. The molecular weight excluding hydrogens is 604 g/mol. The first-order chi connectivity index (χ1) is 21.6. The first kappa shape index (κ1) is 39.5. The second-order valence-corrected chi connectivity index (χ2v) is 14.2. The molecule has 46 heavy (non-hydrogen) atoms. The molecule has 0 fully saturated rings. The van der Waals surface area contributed by atoms with Crippen LogP contribution < -0.4 is 10.0 Å². The Bertz CT molecular complexity index is 1180. The zero-order valence-electron chi connectivity index (χ0n) is 28.8. The number of carbonyl (C=O) groups is 2. The Morgan fingerprint density at radius 1 is 1.07 bits per heavy atom. The summed E-state index contributed by atoms with van der Waals surface area (Å²) in [4.78, 5) is 31.7. The van der Waals surface area contributed by atoms with Gasteiger partial charge >= 0.3 is 0 Å². The van der Waals surface area contributed by atoms with Crippen LogP contribution in [0.1, 0.15) is 74.1 Å². The Morgan fingerprint density at radius 2 is 1.72 bits per heavy atom. The van der Waals surface area contributed by atoms with E-state index in [0.29, 0.717) is 25.7 Å². The highest BCUT2D eigenvalue weighted by molar-refractivity contribution is 8.00. The molecule has 0 saturated heterocycles. The highest BCUT2D eigenvalue weighted by atomic mass is 32.2. The van der Waals surface area contributed by atoms with Crippen molar-refractivity contribution in [2.24, 2.45) is 17.8 Å². The highest BCUT2D eigenvalue weighted by Crippen LogP contribution is 2.30. The average Bonchev–Trinajstić information content (AvgIpc) is 3.01. The van der Waals surface area contributed by atoms with Gasteiger partial charge in [0.2, 0.25) is 5.91 Å². The number of nitrogens with one attached hydrogen (secondary N) is 2. The van der Waals surface area contributed by atoms with Crippen LogP contribution in [0.5, 0.6) is 0 Å². The fraction of sp³-hybridized carbons (Fsp3) is 0.629. The van der Waals surface area contributed by atoms with Crippen molar-refractivity contribution in [1.82, 2.24) is 9.88 Å². The van der Waals surface area contributed by atoms with Crippen molar-refractivity contribution in [3.63, 3.8) is 0 Å². The molecule has 0 aliphatic rings. The molecule has 3 unspecified atom stereocenters. The van der Waals surface area contributed by atoms with Gasteiger partial charge in [-0.05, 0) is 107 Å². The third kappa shape index (κ3) is 12.5.